The van der Waals surface area contributed by atoms with E-state index in [2.05, 4.69) is 15.4 Å². The molecule has 3 rings (SSSR count). The molecule has 3 aromatic rings. The average Bonchev–Trinajstić information content (AvgIpc) is 2.68. The number of carbonyl (C=O) groups excluding carboxylic acids is 1. The highest BCUT2D eigenvalue weighted by molar-refractivity contribution is 6.30. The van der Waals surface area contributed by atoms with E-state index in [-0.39, 0.29) is 5.56 Å². The van der Waals surface area contributed by atoms with Crippen LogP contribution in [0.4, 0.5) is 0 Å². The summed E-state index contributed by atoms with van der Waals surface area (Å²) in [7, 11) is 0. The van der Waals surface area contributed by atoms with E-state index in [4.69, 9.17) is 11.6 Å². The van der Waals surface area contributed by atoms with Gasteiger partial charge in [0.15, 0.2) is 0 Å². The number of rotatable bonds is 5. The van der Waals surface area contributed by atoms with Crippen LogP contribution in [-0.4, -0.2) is 37.4 Å². The zero-order valence-corrected chi connectivity index (χ0v) is 17.0. The molecule has 0 radical (unpaired) electrons. The monoisotopic (exact) mass is 412 g/mol. The summed E-state index contributed by atoms with van der Waals surface area (Å²) in [6.07, 6.45) is 3.07. The highest BCUT2D eigenvalue weighted by atomic mass is 35.5. The lowest BCUT2D eigenvalue weighted by Crippen LogP contribution is -2.48. The molecule has 1 atom stereocenters. The second-order valence-corrected chi connectivity index (χ2v) is 7.66. The Morgan fingerprint density at radius 2 is 1.93 bits per heavy atom. The van der Waals surface area contributed by atoms with Gasteiger partial charge in [0, 0.05) is 16.8 Å². The molecule has 2 aromatic heterocycles. The number of carbonyl (C=O) groups is 1. The molecule has 2 heterocycles. The van der Waals surface area contributed by atoms with Crippen LogP contribution >= 0.6 is 11.6 Å². The van der Waals surface area contributed by atoms with Crippen LogP contribution in [-0.2, 0) is 0 Å². The van der Waals surface area contributed by atoms with Gasteiger partial charge in [-0.3, -0.25) is 14.6 Å². The quantitative estimate of drug-likeness (QED) is 0.671. The zero-order valence-electron chi connectivity index (χ0n) is 16.3. The van der Waals surface area contributed by atoms with Gasteiger partial charge in [-0.05, 0) is 51.1 Å². The van der Waals surface area contributed by atoms with Gasteiger partial charge in [0.1, 0.15) is 5.56 Å². The number of hydrogen-bond donors (Lipinski definition) is 2. The van der Waals surface area contributed by atoms with Crippen molar-refractivity contribution in [2.24, 2.45) is 0 Å². The van der Waals surface area contributed by atoms with Crippen LogP contribution in [0.3, 0.4) is 0 Å². The fourth-order valence-corrected chi connectivity index (χ4v) is 2.65. The van der Waals surface area contributed by atoms with Crippen LogP contribution in [0, 0.1) is 0 Å². The topological polar surface area (TPSA) is 97.1 Å². The van der Waals surface area contributed by atoms with E-state index in [1.165, 1.54) is 12.3 Å². The summed E-state index contributed by atoms with van der Waals surface area (Å²) in [5, 5.41) is 17.8. The van der Waals surface area contributed by atoms with Gasteiger partial charge in [-0.2, -0.15) is 9.78 Å². The molecule has 8 heteroatoms. The van der Waals surface area contributed by atoms with Gasteiger partial charge in [0.05, 0.1) is 29.2 Å². The first-order valence-corrected chi connectivity index (χ1v) is 9.38. The van der Waals surface area contributed by atoms with Crippen LogP contribution in [0.2, 0.25) is 5.02 Å². The molecular weight excluding hydrogens is 392 g/mol. The molecule has 1 amide bonds. The molecule has 0 saturated heterocycles. The van der Waals surface area contributed by atoms with E-state index in [1.807, 2.05) is 0 Å². The SMILES string of the molecule is CC(NC(=O)c1cc(-c2ccc(Cl)cc2)nn(-c2cccnc2)c1=O)C(C)(C)O. The Kier molecular flexibility index (Phi) is 5.81. The Morgan fingerprint density at radius 1 is 1.24 bits per heavy atom. The first-order valence-electron chi connectivity index (χ1n) is 9.01. The van der Waals surface area contributed by atoms with Crippen molar-refractivity contribution in [3.8, 4) is 16.9 Å². The minimum Gasteiger partial charge on any atom is -0.388 e. The summed E-state index contributed by atoms with van der Waals surface area (Å²) < 4.78 is 1.14. The second kappa shape index (κ2) is 8.14. The summed E-state index contributed by atoms with van der Waals surface area (Å²) in [5.41, 5.74) is -0.286. The Labute approximate surface area is 173 Å². The molecule has 2 N–H and O–H groups in total. The number of aliphatic hydroxyl groups is 1. The van der Waals surface area contributed by atoms with E-state index in [0.29, 0.717) is 22.0 Å². The predicted molar refractivity (Wildman–Crippen MR) is 111 cm³/mol. The third-order valence-electron chi connectivity index (χ3n) is 4.59. The number of nitrogens with one attached hydrogen (secondary N) is 1. The smallest absolute Gasteiger partial charge is 0.284 e. The Bertz CT molecular complexity index is 1070. The second-order valence-electron chi connectivity index (χ2n) is 7.23. The van der Waals surface area contributed by atoms with Gasteiger partial charge in [0.2, 0.25) is 0 Å². The summed E-state index contributed by atoms with van der Waals surface area (Å²) in [6, 6.07) is 11.1. The predicted octanol–water partition coefficient (Wildman–Crippen LogP) is 2.84. The van der Waals surface area contributed by atoms with Crippen molar-refractivity contribution in [1.82, 2.24) is 20.1 Å². The van der Waals surface area contributed by atoms with E-state index in [1.54, 1.807) is 63.4 Å². The lowest BCUT2D eigenvalue weighted by atomic mass is 10.0. The maximum atomic E-state index is 13.0. The zero-order chi connectivity index (χ0) is 21.2. The molecule has 0 bridgehead atoms. The van der Waals surface area contributed by atoms with Gasteiger partial charge in [-0.1, -0.05) is 23.7 Å². The largest absolute Gasteiger partial charge is 0.388 e. The number of benzene rings is 1. The minimum atomic E-state index is -1.15. The van der Waals surface area contributed by atoms with Gasteiger partial charge in [0.25, 0.3) is 11.5 Å². The summed E-state index contributed by atoms with van der Waals surface area (Å²) in [6.45, 7) is 4.83. The standard InChI is InChI=1S/C21H21ClN4O3/c1-13(21(2,3)29)24-19(27)17-11-18(14-6-8-15(22)9-7-14)25-26(20(17)28)16-5-4-10-23-12-16/h4-13,29H,1-3H3,(H,24,27). The average molecular weight is 413 g/mol. The van der Waals surface area contributed by atoms with Crippen molar-refractivity contribution in [1.29, 1.82) is 0 Å². The van der Waals surface area contributed by atoms with Crippen molar-refractivity contribution >= 4 is 17.5 Å². The van der Waals surface area contributed by atoms with Gasteiger partial charge >= 0.3 is 0 Å². The first-order chi connectivity index (χ1) is 13.7. The number of hydrogen-bond acceptors (Lipinski definition) is 5. The van der Waals surface area contributed by atoms with Crippen molar-refractivity contribution in [2.45, 2.75) is 32.4 Å². The number of halogens is 1. The summed E-state index contributed by atoms with van der Waals surface area (Å²) in [5.74, 6) is -0.597. The van der Waals surface area contributed by atoms with E-state index in [9.17, 15) is 14.7 Å². The van der Waals surface area contributed by atoms with Gasteiger partial charge < -0.3 is 10.4 Å². The molecule has 29 heavy (non-hydrogen) atoms. The highest BCUT2D eigenvalue weighted by Gasteiger charge is 2.26. The van der Waals surface area contributed by atoms with Gasteiger partial charge in [-0.25, -0.2) is 0 Å². The summed E-state index contributed by atoms with van der Waals surface area (Å²) in [4.78, 5) is 29.9. The third kappa shape index (κ3) is 4.70. The Hall–Kier alpha value is -3.03. The highest BCUT2D eigenvalue weighted by Crippen LogP contribution is 2.20. The molecule has 1 aromatic carbocycles. The molecule has 7 nitrogen and oxygen atoms in total. The molecule has 1 unspecified atom stereocenters. The number of pyridine rings is 1. The van der Waals surface area contributed by atoms with E-state index in [0.717, 1.165) is 4.68 Å². The third-order valence-corrected chi connectivity index (χ3v) is 4.85. The molecular formula is C21H21ClN4O3. The summed E-state index contributed by atoms with van der Waals surface area (Å²) >= 11 is 5.96. The van der Waals surface area contributed by atoms with E-state index >= 15 is 0 Å². The Balaban J connectivity index is 2.14. The van der Waals surface area contributed by atoms with E-state index < -0.39 is 23.1 Å². The number of amides is 1. The maximum absolute atomic E-state index is 13.0. The Morgan fingerprint density at radius 3 is 2.52 bits per heavy atom. The molecule has 0 aliphatic rings. The molecule has 0 aliphatic carbocycles. The molecule has 0 aliphatic heterocycles. The lowest BCUT2D eigenvalue weighted by Gasteiger charge is -2.26. The van der Waals surface area contributed by atoms with Gasteiger partial charge in [-0.15, -0.1) is 0 Å². The van der Waals surface area contributed by atoms with Crippen molar-refractivity contribution < 1.29 is 9.90 Å². The maximum Gasteiger partial charge on any atom is 0.284 e. The number of aromatic nitrogens is 3. The number of nitrogens with zero attached hydrogens (tertiary/aromatic N) is 3. The minimum absolute atomic E-state index is 0.0927. The lowest BCUT2D eigenvalue weighted by molar-refractivity contribution is 0.0408. The normalized spacial score (nSPS) is 12.4. The fraction of sp³-hybridized carbons (Fsp3) is 0.238. The molecule has 0 saturated carbocycles. The molecule has 0 spiro atoms. The van der Waals surface area contributed by atoms with Crippen LogP contribution < -0.4 is 10.9 Å². The first kappa shape index (κ1) is 20.7. The fourth-order valence-electron chi connectivity index (χ4n) is 2.52. The molecule has 0 fully saturated rings. The van der Waals surface area contributed by atoms with Crippen LogP contribution in [0.5, 0.6) is 0 Å². The van der Waals surface area contributed by atoms with Crippen LogP contribution in [0.1, 0.15) is 31.1 Å². The van der Waals surface area contributed by atoms with Crippen LogP contribution in [0.25, 0.3) is 16.9 Å². The van der Waals surface area contributed by atoms with Crippen molar-refractivity contribution in [3.63, 3.8) is 0 Å². The van der Waals surface area contributed by atoms with Crippen molar-refractivity contribution in [2.75, 3.05) is 0 Å². The molecule has 150 valence electrons. The van der Waals surface area contributed by atoms with Crippen LogP contribution in [0.15, 0.2) is 59.7 Å². The van der Waals surface area contributed by atoms with Crippen molar-refractivity contribution in [3.05, 3.63) is 75.8 Å².